The van der Waals surface area contributed by atoms with Gasteiger partial charge in [0.25, 0.3) is 5.91 Å². The molecule has 2 aliphatic rings. The van der Waals surface area contributed by atoms with Gasteiger partial charge in [-0.2, -0.15) is 0 Å². The highest BCUT2D eigenvalue weighted by molar-refractivity contribution is 8.00. The Morgan fingerprint density at radius 1 is 1.18 bits per heavy atom. The number of amides is 1. The Kier molecular flexibility index (Phi) is 4.43. The fraction of sp³-hybridized carbons (Fsp3) is 0.529. The van der Waals surface area contributed by atoms with E-state index in [4.69, 9.17) is 5.11 Å². The highest BCUT2D eigenvalue weighted by Gasteiger charge is 2.42. The van der Waals surface area contributed by atoms with E-state index in [-0.39, 0.29) is 5.91 Å². The standard InChI is InChI=1S/C17H21NO3S/c1-10(17(20)21)22-14-5-3-2-4-13(14)16(19)18-15(11-6-7-11)12-8-9-12/h2-5,10-12,15H,6-9H2,1H3,(H,18,19)(H,20,21). The molecule has 1 amide bonds. The number of hydrogen-bond donors (Lipinski definition) is 2. The number of aliphatic carboxylic acids is 1. The van der Waals surface area contributed by atoms with Crippen LogP contribution in [0.1, 0.15) is 43.0 Å². The highest BCUT2D eigenvalue weighted by Crippen LogP contribution is 2.44. The largest absolute Gasteiger partial charge is 0.480 e. The number of benzene rings is 1. The lowest BCUT2D eigenvalue weighted by atomic mass is 10.1. The Morgan fingerprint density at radius 3 is 2.32 bits per heavy atom. The summed E-state index contributed by atoms with van der Waals surface area (Å²) in [5.41, 5.74) is 0.590. The number of hydrogen-bond acceptors (Lipinski definition) is 3. The molecule has 0 heterocycles. The quantitative estimate of drug-likeness (QED) is 0.758. The molecule has 1 atom stereocenters. The first kappa shape index (κ1) is 15.4. The summed E-state index contributed by atoms with van der Waals surface area (Å²) in [5.74, 6) is 0.363. The lowest BCUT2D eigenvalue weighted by Crippen LogP contribution is -2.38. The number of carbonyl (C=O) groups excluding carboxylic acids is 1. The summed E-state index contributed by atoms with van der Waals surface area (Å²) in [6.07, 6.45) is 4.86. The van der Waals surface area contributed by atoms with Crippen LogP contribution in [0.5, 0.6) is 0 Å². The van der Waals surface area contributed by atoms with Crippen LogP contribution in [0.4, 0.5) is 0 Å². The Hall–Kier alpha value is -1.49. The molecule has 0 saturated heterocycles. The van der Waals surface area contributed by atoms with Gasteiger partial charge in [-0.1, -0.05) is 12.1 Å². The van der Waals surface area contributed by atoms with Gasteiger partial charge >= 0.3 is 5.97 Å². The monoisotopic (exact) mass is 319 g/mol. The van der Waals surface area contributed by atoms with Crippen molar-refractivity contribution in [3.63, 3.8) is 0 Å². The third-order valence-electron chi connectivity index (χ3n) is 4.34. The maximum absolute atomic E-state index is 12.6. The molecule has 0 radical (unpaired) electrons. The zero-order valence-corrected chi connectivity index (χ0v) is 13.4. The van der Waals surface area contributed by atoms with E-state index < -0.39 is 11.2 Å². The van der Waals surface area contributed by atoms with Crippen LogP contribution in [-0.2, 0) is 4.79 Å². The Morgan fingerprint density at radius 2 is 1.77 bits per heavy atom. The maximum atomic E-state index is 12.6. The molecule has 1 aromatic rings. The molecule has 1 aromatic carbocycles. The van der Waals surface area contributed by atoms with Crippen LogP contribution in [0.25, 0.3) is 0 Å². The molecule has 3 rings (SSSR count). The van der Waals surface area contributed by atoms with Crippen LogP contribution in [0.15, 0.2) is 29.2 Å². The Labute approximate surface area is 134 Å². The molecular formula is C17H21NO3S. The van der Waals surface area contributed by atoms with Crippen LogP contribution >= 0.6 is 11.8 Å². The smallest absolute Gasteiger partial charge is 0.316 e. The molecule has 5 heteroatoms. The molecule has 0 spiro atoms. The highest BCUT2D eigenvalue weighted by atomic mass is 32.2. The van der Waals surface area contributed by atoms with Crippen LogP contribution in [0, 0.1) is 11.8 Å². The molecule has 2 aliphatic carbocycles. The average molecular weight is 319 g/mol. The summed E-state index contributed by atoms with van der Waals surface area (Å²) >= 11 is 1.22. The zero-order valence-electron chi connectivity index (χ0n) is 12.6. The first-order chi connectivity index (χ1) is 10.6. The van der Waals surface area contributed by atoms with Gasteiger partial charge in [-0.15, -0.1) is 11.8 Å². The van der Waals surface area contributed by atoms with Crippen molar-refractivity contribution >= 4 is 23.6 Å². The minimum atomic E-state index is -0.867. The molecular weight excluding hydrogens is 298 g/mol. The maximum Gasteiger partial charge on any atom is 0.316 e. The fourth-order valence-corrected chi connectivity index (χ4v) is 3.68. The number of carboxylic acid groups (broad SMARTS) is 1. The number of carboxylic acids is 1. The average Bonchev–Trinajstić information content (AvgIpc) is 3.38. The zero-order chi connectivity index (χ0) is 15.7. The Bertz CT molecular complexity index is 569. The molecule has 2 fully saturated rings. The second kappa shape index (κ2) is 6.32. The van der Waals surface area contributed by atoms with Gasteiger partial charge in [0.05, 0.1) is 5.56 Å². The van der Waals surface area contributed by atoms with Crippen molar-refractivity contribution in [2.45, 2.75) is 48.8 Å². The normalized spacial score (nSPS) is 19.0. The lowest BCUT2D eigenvalue weighted by molar-refractivity contribution is -0.136. The molecule has 0 aliphatic heterocycles. The third-order valence-corrected chi connectivity index (χ3v) is 5.51. The predicted molar refractivity (Wildman–Crippen MR) is 86.1 cm³/mol. The molecule has 4 nitrogen and oxygen atoms in total. The molecule has 0 bridgehead atoms. The predicted octanol–water partition coefficient (Wildman–Crippen LogP) is 3.17. The van der Waals surface area contributed by atoms with Crippen LogP contribution in [0.2, 0.25) is 0 Å². The summed E-state index contributed by atoms with van der Waals surface area (Å²) < 4.78 is 0. The summed E-state index contributed by atoms with van der Waals surface area (Å²) in [6, 6.07) is 7.58. The van der Waals surface area contributed by atoms with E-state index in [0.717, 1.165) is 4.90 Å². The fourth-order valence-electron chi connectivity index (χ4n) is 2.76. The number of thioether (sulfide) groups is 1. The minimum absolute atomic E-state index is 0.0653. The van der Waals surface area contributed by atoms with E-state index in [1.165, 1.54) is 37.4 Å². The third kappa shape index (κ3) is 3.64. The molecule has 2 saturated carbocycles. The lowest BCUT2D eigenvalue weighted by Gasteiger charge is -2.19. The molecule has 2 N–H and O–H groups in total. The van der Waals surface area contributed by atoms with Gasteiger partial charge in [0.1, 0.15) is 5.25 Å². The number of carbonyl (C=O) groups is 2. The van der Waals surface area contributed by atoms with Crippen molar-refractivity contribution in [3.05, 3.63) is 29.8 Å². The minimum Gasteiger partial charge on any atom is -0.480 e. The van der Waals surface area contributed by atoms with Gasteiger partial charge in [0.15, 0.2) is 0 Å². The summed E-state index contributed by atoms with van der Waals surface area (Å²) in [5, 5.41) is 11.7. The first-order valence-electron chi connectivity index (χ1n) is 7.85. The topological polar surface area (TPSA) is 66.4 Å². The van der Waals surface area contributed by atoms with Crippen LogP contribution in [0.3, 0.4) is 0 Å². The first-order valence-corrected chi connectivity index (χ1v) is 8.73. The van der Waals surface area contributed by atoms with Crippen molar-refractivity contribution in [2.24, 2.45) is 11.8 Å². The molecule has 118 valence electrons. The van der Waals surface area contributed by atoms with Gasteiger partial charge in [0.2, 0.25) is 0 Å². The van der Waals surface area contributed by atoms with Crippen molar-refractivity contribution in [1.29, 1.82) is 0 Å². The number of rotatable bonds is 7. The van der Waals surface area contributed by atoms with Gasteiger partial charge in [-0.05, 0) is 56.6 Å². The summed E-state index contributed by atoms with van der Waals surface area (Å²) in [4.78, 5) is 24.4. The molecule has 0 aromatic heterocycles. The van der Waals surface area contributed by atoms with E-state index >= 15 is 0 Å². The van der Waals surface area contributed by atoms with Gasteiger partial charge in [0, 0.05) is 10.9 Å². The molecule has 22 heavy (non-hydrogen) atoms. The SMILES string of the molecule is CC(Sc1ccccc1C(=O)NC(C1CC1)C1CC1)C(=O)O. The van der Waals surface area contributed by atoms with Crippen molar-refractivity contribution in [1.82, 2.24) is 5.32 Å². The van der Waals surface area contributed by atoms with Crippen molar-refractivity contribution < 1.29 is 14.7 Å². The van der Waals surface area contributed by atoms with Gasteiger partial charge < -0.3 is 10.4 Å². The van der Waals surface area contributed by atoms with E-state index in [1.54, 1.807) is 13.0 Å². The van der Waals surface area contributed by atoms with E-state index in [1.807, 2.05) is 18.2 Å². The van der Waals surface area contributed by atoms with Gasteiger partial charge in [-0.25, -0.2) is 0 Å². The Balaban J connectivity index is 1.72. The summed E-state index contributed by atoms with van der Waals surface area (Å²) in [6.45, 7) is 1.64. The molecule has 1 unspecified atom stereocenters. The van der Waals surface area contributed by atoms with E-state index in [9.17, 15) is 9.59 Å². The second-order valence-electron chi connectivity index (χ2n) is 6.27. The van der Waals surface area contributed by atoms with Crippen molar-refractivity contribution in [2.75, 3.05) is 0 Å². The second-order valence-corrected chi connectivity index (χ2v) is 7.65. The van der Waals surface area contributed by atoms with Crippen molar-refractivity contribution in [3.8, 4) is 0 Å². The van der Waals surface area contributed by atoms with E-state index in [2.05, 4.69) is 5.32 Å². The van der Waals surface area contributed by atoms with Gasteiger partial charge in [-0.3, -0.25) is 9.59 Å². The number of nitrogens with one attached hydrogen (secondary N) is 1. The summed E-state index contributed by atoms with van der Waals surface area (Å²) in [7, 11) is 0. The van der Waals surface area contributed by atoms with E-state index in [0.29, 0.717) is 23.4 Å². The van der Waals surface area contributed by atoms with Crippen LogP contribution < -0.4 is 5.32 Å². The van der Waals surface area contributed by atoms with Crippen LogP contribution in [-0.4, -0.2) is 28.3 Å².